The van der Waals surface area contributed by atoms with Crippen LogP contribution in [0.1, 0.15) is 5.82 Å². The minimum absolute atomic E-state index is 0.171. The van der Waals surface area contributed by atoms with Crippen LogP contribution in [-0.2, 0) is 18.4 Å². The van der Waals surface area contributed by atoms with Gasteiger partial charge in [0.1, 0.15) is 12.1 Å². The molecule has 1 unspecified atom stereocenters. The van der Waals surface area contributed by atoms with Crippen molar-refractivity contribution in [2.24, 2.45) is 7.05 Å². The van der Waals surface area contributed by atoms with Gasteiger partial charge in [0.25, 0.3) is 5.91 Å². The van der Waals surface area contributed by atoms with E-state index in [0.717, 1.165) is 5.69 Å². The summed E-state index contributed by atoms with van der Waals surface area (Å²) in [6.07, 6.45) is 1.05. The maximum atomic E-state index is 12.1. The van der Waals surface area contributed by atoms with Crippen molar-refractivity contribution < 1.29 is 9.53 Å². The third-order valence-corrected chi connectivity index (χ3v) is 3.15. The Bertz CT molecular complexity index is 625. The second-order valence-corrected chi connectivity index (χ2v) is 4.56. The van der Waals surface area contributed by atoms with Crippen LogP contribution in [0.15, 0.2) is 30.6 Å². The van der Waals surface area contributed by atoms with Gasteiger partial charge in [-0.05, 0) is 12.1 Å². The maximum absolute atomic E-state index is 12.1. The Morgan fingerprint density at radius 1 is 1.55 bits per heavy atom. The fraction of sp³-hybridized carbons (Fsp3) is 0.308. The molecule has 7 heteroatoms. The van der Waals surface area contributed by atoms with Gasteiger partial charge in [-0.2, -0.15) is 0 Å². The molecule has 0 aliphatic carbocycles. The molecule has 0 fully saturated rings. The van der Waals surface area contributed by atoms with E-state index < -0.39 is 6.10 Å². The Morgan fingerprint density at radius 2 is 2.40 bits per heavy atom. The second-order valence-electron chi connectivity index (χ2n) is 4.56. The lowest BCUT2D eigenvalue weighted by Crippen LogP contribution is -2.44. The first-order valence-electron chi connectivity index (χ1n) is 6.34. The summed E-state index contributed by atoms with van der Waals surface area (Å²) in [6, 6.07) is 7.55. The number of aryl methyl sites for hydroxylation is 1. The molecule has 1 aliphatic rings. The van der Waals surface area contributed by atoms with Crippen molar-refractivity contribution in [2.45, 2.75) is 12.6 Å². The summed E-state index contributed by atoms with van der Waals surface area (Å²) >= 11 is 0. The number of fused-ring (bicyclic) bond motifs is 1. The van der Waals surface area contributed by atoms with E-state index in [2.05, 4.69) is 20.8 Å². The molecule has 1 aromatic heterocycles. The highest BCUT2D eigenvalue weighted by atomic mass is 16.5. The van der Waals surface area contributed by atoms with Crippen LogP contribution in [0.2, 0.25) is 0 Å². The second kappa shape index (κ2) is 5.20. The first-order valence-corrected chi connectivity index (χ1v) is 6.34. The maximum Gasteiger partial charge on any atom is 0.263 e. The number of ether oxygens (including phenoxy) is 1. The smallest absolute Gasteiger partial charge is 0.263 e. The topological polar surface area (TPSA) is 81.1 Å². The highest BCUT2D eigenvalue weighted by Gasteiger charge is 2.25. The molecule has 2 N–H and O–H groups in total. The molecule has 0 spiro atoms. The van der Waals surface area contributed by atoms with Crippen LogP contribution in [-0.4, -0.2) is 33.3 Å². The largest absolute Gasteiger partial charge is 0.477 e. The molecule has 3 rings (SSSR count). The summed E-state index contributed by atoms with van der Waals surface area (Å²) in [4.78, 5) is 12.1. The molecule has 0 bridgehead atoms. The van der Waals surface area contributed by atoms with Crippen LogP contribution in [0, 0.1) is 0 Å². The molecule has 0 saturated heterocycles. The summed E-state index contributed by atoms with van der Waals surface area (Å²) in [5.41, 5.74) is 0.907. The van der Waals surface area contributed by atoms with E-state index in [9.17, 15) is 4.79 Å². The summed E-state index contributed by atoms with van der Waals surface area (Å²) < 4.78 is 7.44. The van der Waals surface area contributed by atoms with Crippen molar-refractivity contribution in [3.05, 3.63) is 36.4 Å². The molecule has 0 radical (unpaired) electrons. The van der Waals surface area contributed by atoms with Crippen molar-refractivity contribution >= 4 is 11.6 Å². The molecule has 1 aromatic carbocycles. The first-order chi connectivity index (χ1) is 9.74. The van der Waals surface area contributed by atoms with Crippen molar-refractivity contribution in [2.75, 3.05) is 11.9 Å². The first kappa shape index (κ1) is 12.5. The summed E-state index contributed by atoms with van der Waals surface area (Å²) in [6.45, 7) is 0.776. The van der Waals surface area contributed by atoms with E-state index in [1.54, 1.807) is 10.9 Å². The molecular weight excluding hydrogens is 258 g/mol. The molecule has 2 heterocycles. The zero-order valence-electron chi connectivity index (χ0n) is 11.0. The van der Waals surface area contributed by atoms with Gasteiger partial charge in [0.05, 0.1) is 18.8 Å². The zero-order valence-corrected chi connectivity index (χ0v) is 11.0. The third-order valence-electron chi connectivity index (χ3n) is 3.15. The van der Waals surface area contributed by atoms with Gasteiger partial charge in [-0.25, -0.2) is 0 Å². The lowest BCUT2D eigenvalue weighted by molar-refractivity contribution is -0.127. The van der Waals surface area contributed by atoms with E-state index in [1.165, 1.54) is 0 Å². The predicted octanol–water partition coefficient (Wildman–Crippen LogP) is 0.304. The number of carbonyl (C=O) groups is 1. The molecular formula is C13H15N5O2. The lowest BCUT2D eigenvalue weighted by atomic mass is 10.2. The van der Waals surface area contributed by atoms with Gasteiger partial charge in [-0.1, -0.05) is 12.1 Å². The Morgan fingerprint density at radius 3 is 3.20 bits per heavy atom. The minimum atomic E-state index is -0.543. The van der Waals surface area contributed by atoms with Gasteiger partial charge >= 0.3 is 0 Å². The Balaban J connectivity index is 1.60. The van der Waals surface area contributed by atoms with Gasteiger partial charge in [0, 0.05) is 7.05 Å². The molecule has 1 amide bonds. The molecule has 1 aliphatic heterocycles. The minimum Gasteiger partial charge on any atom is -0.477 e. The standard InChI is InChI=1S/C13H15N5O2/c1-18-8-16-17-12(18)7-15-13(19)11-6-14-9-4-2-3-5-10(9)20-11/h2-5,8,11,14H,6-7H2,1H3,(H,15,19). The van der Waals surface area contributed by atoms with Crippen LogP contribution in [0.25, 0.3) is 0 Å². The number of nitrogens with one attached hydrogen (secondary N) is 2. The van der Waals surface area contributed by atoms with Gasteiger partial charge < -0.3 is 19.9 Å². The number of anilines is 1. The lowest BCUT2D eigenvalue weighted by Gasteiger charge is -2.26. The molecule has 2 aromatic rings. The highest BCUT2D eigenvalue weighted by molar-refractivity contribution is 5.82. The van der Waals surface area contributed by atoms with Gasteiger partial charge in [-0.15, -0.1) is 10.2 Å². The number of amides is 1. The SMILES string of the molecule is Cn1cnnc1CNC(=O)C1CNc2ccccc2O1. The number of nitrogens with zero attached hydrogens (tertiary/aromatic N) is 3. The number of aromatic nitrogens is 3. The molecule has 7 nitrogen and oxygen atoms in total. The number of hydrogen-bond donors (Lipinski definition) is 2. The quantitative estimate of drug-likeness (QED) is 0.841. The number of rotatable bonds is 3. The molecule has 1 atom stereocenters. The number of benzene rings is 1. The van der Waals surface area contributed by atoms with Crippen LogP contribution < -0.4 is 15.4 Å². The van der Waals surface area contributed by atoms with Crippen LogP contribution in [0.4, 0.5) is 5.69 Å². The summed E-state index contributed by atoms with van der Waals surface area (Å²) in [5, 5.41) is 13.6. The fourth-order valence-corrected chi connectivity index (χ4v) is 2.01. The average molecular weight is 273 g/mol. The fourth-order valence-electron chi connectivity index (χ4n) is 2.01. The van der Waals surface area contributed by atoms with Crippen molar-refractivity contribution in [1.82, 2.24) is 20.1 Å². The Kier molecular flexibility index (Phi) is 3.24. The molecule has 0 saturated carbocycles. The van der Waals surface area contributed by atoms with Crippen LogP contribution in [0.3, 0.4) is 0 Å². The van der Waals surface area contributed by atoms with E-state index in [-0.39, 0.29) is 5.91 Å². The van der Waals surface area contributed by atoms with Crippen molar-refractivity contribution in [3.63, 3.8) is 0 Å². The summed E-state index contributed by atoms with van der Waals surface area (Å²) in [5.74, 6) is 1.22. The van der Waals surface area contributed by atoms with Crippen molar-refractivity contribution in [3.8, 4) is 5.75 Å². The van der Waals surface area contributed by atoms with Crippen LogP contribution in [0.5, 0.6) is 5.75 Å². The number of hydrogen-bond acceptors (Lipinski definition) is 5. The van der Waals surface area contributed by atoms with E-state index in [0.29, 0.717) is 24.7 Å². The van der Waals surface area contributed by atoms with Crippen molar-refractivity contribution in [1.29, 1.82) is 0 Å². The Hall–Kier alpha value is -2.57. The van der Waals surface area contributed by atoms with Gasteiger partial charge in [0.15, 0.2) is 11.9 Å². The third kappa shape index (κ3) is 2.42. The normalized spacial score (nSPS) is 16.8. The Labute approximate surface area is 116 Å². The van der Waals surface area contributed by atoms with Gasteiger partial charge in [-0.3, -0.25) is 4.79 Å². The number of carbonyl (C=O) groups excluding carboxylic acids is 1. The van der Waals surface area contributed by atoms with E-state index >= 15 is 0 Å². The summed E-state index contributed by atoms with van der Waals surface area (Å²) in [7, 11) is 1.83. The monoisotopic (exact) mass is 273 g/mol. The van der Waals surface area contributed by atoms with E-state index in [1.807, 2.05) is 31.3 Å². The predicted molar refractivity (Wildman–Crippen MR) is 72.2 cm³/mol. The van der Waals surface area contributed by atoms with Gasteiger partial charge in [0.2, 0.25) is 0 Å². The molecule has 104 valence electrons. The zero-order chi connectivity index (χ0) is 13.9. The molecule has 20 heavy (non-hydrogen) atoms. The average Bonchev–Trinajstić information content (AvgIpc) is 2.89. The highest BCUT2D eigenvalue weighted by Crippen LogP contribution is 2.28. The van der Waals surface area contributed by atoms with Crippen LogP contribution >= 0.6 is 0 Å². The number of para-hydroxylation sites is 2. The van der Waals surface area contributed by atoms with E-state index in [4.69, 9.17) is 4.74 Å².